The lowest BCUT2D eigenvalue weighted by Crippen LogP contribution is -2.26. The SMILES string of the molecule is CN(Cc1ccc(Cl)s1)S(=O)(=O)c1ccc(O)c(N)c1. The van der Waals surface area contributed by atoms with Crippen LogP contribution in [-0.2, 0) is 16.6 Å². The molecule has 0 amide bonds. The van der Waals surface area contributed by atoms with Crippen LogP contribution in [-0.4, -0.2) is 24.9 Å². The zero-order valence-corrected chi connectivity index (χ0v) is 13.0. The largest absolute Gasteiger partial charge is 0.506 e. The summed E-state index contributed by atoms with van der Waals surface area (Å²) in [4.78, 5) is 0.880. The van der Waals surface area contributed by atoms with Crippen molar-refractivity contribution in [2.75, 3.05) is 12.8 Å². The van der Waals surface area contributed by atoms with Crippen LogP contribution < -0.4 is 5.73 Å². The van der Waals surface area contributed by atoms with Crippen LogP contribution in [0.15, 0.2) is 35.2 Å². The Morgan fingerprint density at radius 1 is 1.35 bits per heavy atom. The van der Waals surface area contributed by atoms with Crippen LogP contribution in [0.25, 0.3) is 0 Å². The van der Waals surface area contributed by atoms with Crippen molar-refractivity contribution in [2.24, 2.45) is 0 Å². The monoisotopic (exact) mass is 332 g/mol. The molecule has 2 aromatic rings. The smallest absolute Gasteiger partial charge is 0.243 e. The number of nitrogens with zero attached hydrogens (tertiary/aromatic N) is 1. The van der Waals surface area contributed by atoms with E-state index in [1.165, 1.54) is 40.9 Å². The van der Waals surface area contributed by atoms with Crippen LogP contribution in [0.2, 0.25) is 4.34 Å². The van der Waals surface area contributed by atoms with Crippen LogP contribution in [0, 0.1) is 0 Å². The molecule has 108 valence electrons. The summed E-state index contributed by atoms with van der Waals surface area (Å²) in [5, 5.41) is 9.34. The third-order valence-electron chi connectivity index (χ3n) is 2.71. The molecule has 0 saturated carbocycles. The molecule has 0 aliphatic rings. The van der Waals surface area contributed by atoms with E-state index < -0.39 is 10.0 Å². The molecule has 20 heavy (non-hydrogen) atoms. The van der Waals surface area contributed by atoms with E-state index >= 15 is 0 Å². The second-order valence-corrected chi connectivity index (χ2v) is 8.03. The molecule has 0 aliphatic carbocycles. The van der Waals surface area contributed by atoms with Gasteiger partial charge in [-0.3, -0.25) is 0 Å². The molecule has 5 nitrogen and oxygen atoms in total. The molecule has 0 unspecified atom stereocenters. The summed E-state index contributed by atoms with van der Waals surface area (Å²) in [6.07, 6.45) is 0. The maximum Gasteiger partial charge on any atom is 0.243 e. The Kier molecular flexibility index (Phi) is 4.24. The number of sulfonamides is 1. The second kappa shape index (κ2) is 5.61. The van der Waals surface area contributed by atoms with Gasteiger partial charge in [-0.2, -0.15) is 4.31 Å². The molecule has 0 fully saturated rings. The molecular weight excluding hydrogens is 320 g/mol. The number of phenolic OH excluding ortho intramolecular Hbond substituents is 1. The van der Waals surface area contributed by atoms with Gasteiger partial charge in [-0.25, -0.2) is 8.42 Å². The lowest BCUT2D eigenvalue weighted by Gasteiger charge is -2.16. The van der Waals surface area contributed by atoms with E-state index in [4.69, 9.17) is 17.3 Å². The highest BCUT2D eigenvalue weighted by Gasteiger charge is 2.22. The van der Waals surface area contributed by atoms with Gasteiger partial charge in [0.05, 0.1) is 14.9 Å². The standard InChI is InChI=1S/C12H13ClN2O3S2/c1-15(7-8-2-5-12(13)19-8)20(17,18)9-3-4-11(16)10(14)6-9/h2-6,16H,7,14H2,1H3. The van der Waals surface area contributed by atoms with E-state index in [0.29, 0.717) is 4.34 Å². The summed E-state index contributed by atoms with van der Waals surface area (Å²) in [6.45, 7) is 0.223. The number of hydrogen-bond acceptors (Lipinski definition) is 5. The van der Waals surface area contributed by atoms with Gasteiger partial charge in [0.15, 0.2) is 0 Å². The van der Waals surface area contributed by atoms with Crippen LogP contribution in [0.3, 0.4) is 0 Å². The maximum absolute atomic E-state index is 12.4. The molecule has 0 spiro atoms. The highest BCUT2D eigenvalue weighted by atomic mass is 35.5. The first kappa shape index (κ1) is 15.1. The molecule has 0 aliphatic heterocycles. The Labute approximate surface area is 126 Å². The van der Waals surface area contributed by atoms with Crippen LogP contribution >= 0.6 is 22.9 Å². The summed E-state index contributed by atoms with van der Waals surface area (Å²) in [6, 6.07) is 7.32. The van der Waals surface area contributed by atoms with Crippen molar-refractivity contribution in [1.82, 2.24) is 4.31 Å². The number of nitrogen functional groups attached to an aromatic ring is 1. The Bertz CT molecular complexity index is 728. The number of phenols is 1. The number of hydrogen-bond donors (Lipinski definition) is 2. The van der Waals surface area contributed by atoms with Crippen molar-refractivity contribution in [3.63, 3.8) is 0 Å². The van der Waals surface area contributed by atoms with Gasteiger partial charge in [0.25, 0.3) is 0 Å². The van der Waals surface area contributed by atoms with Crippen molar-refractivity contribution in [2.45, 2.75) is 11.4 Å². The van der Waals surface area contributed by atoms with Gasteiger partial charge >= 0.3 is 0 Å². The molecule has 8 heteroatoms. The molecule has 2 rings (SSSR count). The fourth-order valence-electron chi connectivity index (χ4n) is 1.61. The third-order valence-corrected chi connectivity index (χ3v) is 5.73. The highest BCUT2D eigenvalue weighted by Crippen LogP contribution is 2.27. The number of anilines is 1. The number of halogens is 1. The molecular formula is C12H13ClN2O3S2. The number of aromatic hydroxyl groups is 1. The third kappa shape index (κ3) is 3.06. The molecule has 0 atom stereocenters. The van der Waals surface area contributed by atoms with Crippen molar-refractivity contribution in [3.8, 4) is 5.75 Å². The minimum absolute atomic E-state index is 0.0265. The zero-order valence-electron chi connectivity index (χ0n) is 10.6. The average Bonchev–Trinajstić information content (AvgIpc) is 2.78. The molecule has 1 aromatic carbocycles. The molecule has 0 saturated heterocycles. The first-order valence-electron chi connectivity index (χ1n) is 5.60. The van der Waals surface area contributed by atoms with Gasteiger partial charge < -0.3 is 10.8 Å². The predicted molar refractivity (Wildman–Crippen MR) is 80.5 cm³/mol. The van der Waals surface area contributed by atoms with Crippen LogP contribution in [0.1, 0.15) is 4.88 Å². The number of rotatable bonds is 4. The summed E-state index contributed by atoms with van der Waals surface area (Å²) in [7, 11) is -2.18. The Morgan fingerprint density at radius 2 is 2.05 bits per heavy atom. The van der Waals surface area contributed by atoms with Crippen molar-refractivity contribution < 1.29 is 13.5 Å². The summed E-state index contributed by atoms with van der Waals surface area (Å²) >= 11 is 7.15. The minimum Gasteiger partial charge on any atom is -0.506 e. The predicted octanol–water partition coefficient (Wildman–Crippen LogP) is 2.51. The van der Waals surface area contributed by atoms with Crippen LogP contribution in [0.4, 0.5) is 5.69 Å². The van der Waals surface area contributed by atoms with Gasteiger partial charge in [-0.15, -0.1) is 11.3 Å². The van der Waals surface area contributed by atoms with Gasteiger partial charge in [0.1, 0.15) is 5.75 Å². The zero-order chi connectivity index (χ0) is 14.9. The topological polar surface area (TPSA) is 83.6 Å². The number of benzene rings is 1. The van der Waals surface area contributed by atoms with Gasteiger partial charge in [0.2, 0.25) is 10.0 Å². The Balaban J connectivity index is 2.27. The first-order valence-corrected chi connectivity index (χ1v) is 8.23. The Hall–Kier alpha value is -1.28. The van der Waals surface area contributed by atoms with Crippen molar-refractivity contribution >= 4 is 38.6 Å². The maximum atomic E-state index is 12.4. The summed E-state index contributed by atoms with van der Waals surface area (Å²) in [5.41, 5.74) is 5.55. The lowest BCUT2D eigenvalue weighted by molar-refractivity contribution is 0.468. The number of nitrogens with two attached hydrogens (primary N) is 1. The fraction of sp³-hybridized carbons (Fsp3) is 0.167. The van der Waals surface area contributed by atoms with E-state index in [1.54, 1.807) is 12.1 Å². The van der Waals surface area contributed by atoms with Gasteiger partial charge in [0, 0.05) is 18.5 Å². The highest BCUT2D eigenvalue weighted by molar-refractivity contribution is 7.89. The summed E-state index contributed by atoms with van der Waals surface area (Å²) in [5.74, 6) is -0.142. The lowest BCUT2D eigenvalue weighted by atomic mass is 10.3. The first-order chi connectivity index (χ1) is 9.30. The normalized spacial score (nSPS) is 11.9. The quantitative estimate of drug-likeness (QED) is 0.665. The molecule has 1 heterocycles. The van der Waals surface area contributed by atoms with Crippen molar-refractivity contribution in [1.29, 1.82) is 0 Å². The molecule has 0 bridgehead atoms. The summed E-state index contributed by atoms with van der Waals surface area (Å²) < 4.78 is 26.6. The Morgan fingerprint density at radius 3 is 2.60 bits per heavy atom. The average molecular weight is 333 g/mol. The van der Waals surface area contributed by atoms with E-state index in [1.807, 2.05) is 0 Å². The van der Waals surface area contributed by atoms with Gasteiger partial charge in [-0.05, 0) is 30.3 Å². The fourth-order valence-corrected chi connectivity index (χ4v) is 4.02. The second-order valence-electron chi connectivity index (χ2n) is 4.19. The molecule has 3 N–H and O–H groups in total. The van der Waals surface area contributed by atoms with Crippen LogP contribution in [0.5, 0.6) is 5.75 Å². The van der Waals surface area contributed by atoms with Crippen molar-refractivity contribution in [3.05, 3.63) is 39.5 Å². The number of thiophene rings is 1. The molecule has 1 aromatic heterocycles. The van der Waals surface area contributed by atoms with E-state index in [2.05, 4.69) is 0 Å². The van der Waals surface area contributed by atoms with E-state index in [-0.39, 0.29) is 22.9 Å². The minimum atomic E-state index is -3.66. The van der Waals surface area contributed by atoms with E-state index in [9.17, 15) is 13.5 Å². The molecule has 0 radical (unpaired) electrons. The van der Waals surface area contributed by atoms with Gasteiger partial charge in [-0.1, -0.05) is 11.6 Å². The van der Waals surface area contributed by atoms with E-state index in [0.717, 1.165) is 4.88 Å².